The van der Waals surface area contributed by atoms with Gasteiger partial charge in [0.25, 0.3) is 5.91 Å². The first-order valence-electron chi connectivity index (χ1n) is 10.3. The molecule has 1 aliphatic rings. The monoisotopic (exact) mass is 457 g/mol. The third-order valence-electron chi connectivity index (χ3n) is 5.01. The molecule has 0 atom stereocenters. The highest BCUT2D eigenvalue weighted by molar-refractivity contribution is 6.04. The average Bonchev–Trinajstić information content (AvgIpc) is 3.07. The molecule has 0 fully saturated rings. The molecule has 33 heavy (non-hydrogen) atoms. The molecular weight excluding hydrogens is 435 g/mol. The zero-order valence-corrected chi connectivity index (χ0v) is 18.0. The number of halogens is 3. The molecule has 4 rings (SSSR count). The van der Waals surface area contributed by atoms with E-state index in [1.807, 2.05) is 32.0 Å². The van der Waals surface area contributed by atoms with Crippen molar-refractivity contribution in [2.24, 2.45) is 0 Å². The molecule has 0 spiro atoms. The van der Waals surface area contributed by atoms with Crippen LogP contribution in [0.25, 0.3) is 0 Å². The Morgan fingerprint density at radius 2 is 1.73 bits per heavy atom. The molecule has 172 valence electrons. The van der Waals surface area contributed by atoms with E-state index in [9.17, 15) is 18.0 Å². The van der Waals surface area contributed by atoms with E-state index in [1.54, 1.807) is 24.3 Å². The van der Waals surface area contributed by atoms with Crippen LogP contribution < -0.4 is 19.5 Å². The van der Waals surface area contributed by atoms with Crippen LogP contribution in [0.15, 0.2) is 66.7 Å². The van der Waals surface area contributed by atoms with Crippen LogP contribution in [0.4, 0.5) is 18.9 Å². The summed E-state index contributed by atoms with van der Waals surface area (Å²) >= 11 is 0. The van der Waals surface area contributed by atoms with Crippen molar-refractivity contribution in [2.75, 3.05) is 5.32 Å². The molecule has 0 radical (unpaired) electrons. The molecule has 5 nitrogen and oxygen atoms in total. The Bertz CT molecular complexity index is 1140. The van der Waals surface area contributed by atoms with Crippen LogP contribution in [0, 0.1) is 0 Å². The number of rotatable bonds is 6. The fourth-order valence-corrected chi connectivity index (χ4v) is 3.56. The van der Waals surface area contributed by atoms with Gasteiger partial charge in [-0.25, -0.2) is 0 Å². The van der Waals surface area contributed by atoms with Gasteiger partial charge in [-0.1, -0.05) is 24.3 Å². The van der Waals surface area contributed by atoms with Crippen molar-refractivity contribution >= 4 is 11.6 Å². The van der Waals surface area contributed by atoms with E-state index in [1.165, 1.54) is 12.1 Å². The first-order valence-corrected chi connectivity index (χ1v) is 10.3. The molecule has 0 saturated heterocycles. The molecule has 1 amide bonds. The first-order chi connectivity index (χ1) is 15.6. The second-order valence-electron chi connectivity index (χ2n) is 8.29. The van der Waals surface area contributed by atoms with Crippen molar-refractivity contribution in [3.05, 3.63) is 83.4 Å². The number of amides is 1. The number of carbonyl (C=O) groups excluding carboxylic acids is 1. The summed E-state index contributed by atoms with van der Waals surface area (Å²) in [7, 11) is 0. The molecule has 0 bridgehead atoms. The minimum atomic E-state index is -4.76. The van der Waals surface area contributed by atoms with E-state index in [0.29, 0.717) is 23.6 Å². The van der Waals surface area contributed by atoms with Gasteiger partial charge in [0, 0.05) is 23.2 Å². The molecule has 1 aliphatic heterocycles. The lowest BCUT2D eigenvalue weighted by Gasteiger charge is -2.18. The molecule has 8 heteroatoms. The Morgan fingerprint density at radius 1 is 1.03 bits per heavy atom. The number of anilines is 1. The second-order valence-corrected chi connectivity index (χ2v) is 8.29. The van der Waals surface area contributed by atoms with Gasteiger partial charge in [-0.2, -0.15) is 0 Å². The van der Waals surface area contributed by atoms with Crippen molar-refractivity contribution in [1.82, 2.24) is 0 Å². The number of hydrogen-bond acceptors (Lipinski definition) is 4. The maximum Gasteiger partial charge on any atom is 0.573 e. The van der Waals surface area contributed by atoms with E-state index in [4.69, 9.17) is 9.47 Å². The van der Waals surface area contributed by atoms with Gasteiger partial charge < -0.3 is 19.5 Å². The summed E-state index contributed by atoms with van der Waals surface area (Å²) in [6.45, 7) is 4.37. The standard InChI is InChI=1S/C25H22F3NO4/c1-24(2)14-18-4-3-5-21(22(18)33-24)31-15-16-6-8-17(9-7-16)23(30)29-19-10-12-20(13-11-19)32-25(26,27)28/h3-13H,14-15H2,1-2H3,(H,29,30). The zero-order valence-electron chi connectivity index (χ0n) is 18.0. The van der Waals surface area contributed by atoms with Crippen molar-refractivity contribution in [1.29, 1.82) is 0 Å². The Hall–Kier alpha value is -3.68. The SMILES string of the molecule is CC1(C)Cc2cccc(OCc3ccc(C(=O)Nc4ccc(OC(F)(F)F)cc4)cc3)c2O1. The van der Waals surface area contributed by atoms with Crippen LogP contribution in [-0.4, -0.2) is 17.9 Å². The van der Waals surface area contributed by atoms with Crippen molar-refractivity contribution in [3.63, 3.8) is 0 Å². The molecule has 0 saturated carbocycles. The molecule has 1 N–H and O–H groups in total. The van der Waals surface area contributed by atoms with Gasteiger partial charge in [-0.05, 0) is 61.9 Å². The Labute approximate surface area is 189 Å². The van der Waals surface area contributed by atoms with Gasteiger partial charge in [0.15, 0.2) is 11.5 Å². The molecule has 0 aromatic heterocycles. The number of carbonyl (C=O) groups is 1. The molecule has 1 heterocycles. The van der Waals surface area contributed by atoms with E-state index in [0.717, 1.165) is 35.4 Å². The minimum absolute atomic E-state index is 0.261. The predicted molar refractivity (Wildman–Crippen MR) is 117 cm³/mol. The van der Waals surface area contributed by atoms with Crippen LogP contribution in [0.5, 0.6) is 17.2 Å². The zero-order chi connectivity index (χ0) is 23.6. The van der Waals surface area contributed by atoms with Crippen LogP contribution in [0.3, 0.4) is 0 Å². The first kappa shape index (κ1) is 22.5. The number of nitrogens with one attached hydrogen (secondary N) is 1. The van der Waals surface area contributed by atoms with Crippen LogP contribution in [-0.2, 0) is 13.0 Å². The quantitative estimate of drug-likeness (QED) is 0.484. The number of fused-ring (bicyclic) bond motifs is 1. The van der Waals surface area contributed by atoms with Gasteiger partial charge in [0.2, 0.25) is 0 Å². The fraction of sp³-hybridized carbons (Fsp3) is 0.240. The van der Waals surface area contributed by atoms with E-state index in [2.05, 4.69) is 10.1 Å². The molecule has 3 aromatic rings. The van der Waals surface area contributed by atoms with E-state index >= 15 is 0 Å². The van der Waals surface area contributed by atoms with E-state index in [-0.39, 0.29) is 17.3 Å². The Morgan fingerprint density at radius 3 is 2.39 bits per heavy atom. The highest BCUT2D eigenvalue weighted by Gasteiger charge is 2.32. The lowest BCUT2D eigenvalue weighted by molar-refractivity contribution is -0.274. The fourth-order valence-electron chi connectivity index (χ4n) is 3.56. The highest BCUT2D eigenvalue weighted by Crippen LogP contribution is 2.42. The van der Waals surface area contributed by atoms with Crippen LogP contribution in [0.2, 0.25) is 0 Å². The molecular formula is C25H22F3NO4. The number of benzene rings is 3. The maximum atomic E-state index is 12.4. The smallest absolute Gasteiger partial charge is 0.485 e. The lowest BCUT2D eigenvalue weighted by atomic mass is 10.0. The van der Waals surface area contributed by atoms with Crippen molar-refractivity contribution in [3.8, 4) is 17.2 Å². The normalized spacial score (nSPS) is 14.2. The molecule has 3 aromatic carbocycles. The summed E-state index contributed by atoms with van der Waals surface area (Å²) in [6, 6.07) is 17.7. The predicted octanol–water partition coefficient (Wildman–Crippen LogP) is 6.13. The Balaban J connectivity index is 1.34. The molecule has 0 aliphatic carbocycles. The summed E-state index contributed by atoms with van der Waals surface area (Å²) in [4.78, 5) is 12.4. The van der Waals surface area contributed by atoms with Gasteiger partial charge in [0.1, 0.15) is 18.0 Å². The minimum Gasteiger partial charge on any atom is -0.485 e. The summed E-state index contributed by atoms with van der Waals surface area (Å²) in [5, 5.41) is 2.64. The van der Waals surface area contributed by atoms with Crippen LogP contribution >= 0.6 is 0 Å². The third kappa shape index (κ3) is 5.77. The second kappa shape index (κ2) is 8.69. The number of para-hydroxylation sites is 1. The van der Waals surface area contributed by atoms with Crippen molar-refractivity contribution in [2.45, 2.75) is 38.8 Å². The average molecular weight is 457 g/mol. The van der Waals surface area contributed by atoms with Gasteiger partial charge in [-0.3, -0.25) is 4.79 Å². The lowest BCUT2D eigenvalue weighted by Crippen LogP contribution is -2.24. The molecule has 0 unspecified atom stereocenters. The maximum absolute atomic E-state index is 12.4. The van der Waals surface area contributed by atoms with E-state index < -0.39 is 6.36 Å². The van der Waals surface area contributed by atoms with Crippen molar-refractivity contribution < 1.29 is 32.2 Å². The highest BCUT2D eigenvalue weighted by atomic mass is 19.4. The topological polar surface area (TPSA) is 56.8 Å². The van der Waals surface area contributed by atoms with Gasteiger partial charge in [0.05, 0.1) is 0 Å². The number of ether oxygens (including phenoxy) is 3. The number of alkyl halides is 3. The summed E-state index contributed by atoms with van der Waals surface area (Å²) in [5.74, 6) is 0.703. The van der Waals surface area contributed by atoms with Gasteiger partial charge in [-0.15, -0.1) is 13.2 Å². The summed E-state index contributed by atoms with van der Waals surface area (Å²) in [6.07, 6.45) is -3.94. The van der Waals surface area contributed by atoms with Gasteiger partial charge >= 0.3 is 6.36 Å². The summed E-state index contributed by atoms with van der Waals surface area (Å²) in [5.41, 5.74) is 2.48. The largest absolute Gasteiger partial charge is 0.573 e. The summed E-state index contributed by atoms with van der Waals surface area (Å²) < 4.78 is 52.5. The number of hydrogen-bond donors (Lipinski definition) is 1. The Kier molecular flexibility index (Phi) is 5.93. The van der Waals surface area contributed by atoms with Crippen LogP contribution in [0.1, 0.15) is 35.3 Å². The third-order valence-corrected chi connectivity index (χ3v) is 5.01.